The lowest BCUT2D eigenvalue weighted by Crippen LogP contribution is -2.52. The maximum Gasteiger partial charge on any atom is 0.317 e. The summed E-state index contributed by atoms with van der Waals surface area (Å²) in [6, 6.07) is 16.2. The average molecular weight is 433 g/mol. The summed E-state index contributed by atoms with van der Waals surface area (Å²) in [4.78, 5) is 21.4. The molecule has 0 bridgehead atoms. The van der Waals surface area contributed by atoms with Gasteiger partial charge in [-0.05, 0) is 42.0 Å². The highest BCUT2D eigenvalue weighted by molar-refractivity contribution is 5.85. The highest BCUT2D eigenvalue weighted by Gasteiger charge is 2.24. The van der Waals surface area contributed by atoms with Crippen molar-refractivity contribution >= 4 is 28.4 Å². The van der Waals surface area contributed by atoms with Gasteiger partial charge in [-0.2, -0.15) is 0 Å². The second-order valence-corrected chi connectivity index (χ2v) is 7.82. The number of amides is 2. The van der Waals surface area contributed by atoms with Crippen LogP contribution in [0.2, 0.25) is 0 Å². The molecule has 3 heterocycles. The number of nitrogens with one attached hydrogen (secondary N) is 1. The highest BCUT2D eigenvalue weighted by Crippen LogP contribution is 2.26. The number of methoxy groups -OCH3 is 1. The highest BCUT2D eigenvalue weighted by atomic mass is 19.1. The number of aromatic nitrogens is 2. The number of fused-ring (bicyclic) bond motifs is 3. The lowest BCUT2D eigenvalue weighted by Gasteiger charge is -2.35. The van der Waals surface area contributed by atoms with Gasteiger partial charge in [-0.25, -0.2) is 14.2 Å². The Hall–Kier alpha value is -3.81. The van der Waals surface area contributed by atoms with Crippen LogP contribution in [0.4, 0.5) is 15.0 Å². The van der Waals surface area contributed by atoms with Crippen molar-refractivity contribution in [1.82, 2.24) is 19.6 Å². The van der Waals surface area contributed by atoms with Crippen molar-refractivity contribution in [2.75, 3.05) is 38.2 Å². The molecule has 1 N–H and O–H groups in total. The molecule has 1 aliphatic heterocycles. The molecule has 0 unspecified atom stereocenters. The van der Waals surface area contributed by atoms with Crippen LogP contribution in [0.25, 0.3) is 16.6 Å². The van der Waals surface area contributed by atoms with Gasteiger partial charge in [-0.1, -0.05) is 12.1 Å². The second kappa shape index (κ2) is 8.37. The van der Waals surface area contributed by atoms with Crippen molar-refractivity contribution in [1.29, 1.82) is 0 Å². The molecule has 4 aromatic rings. The van der Waals surface area contributed by atoms with Gasteiger partial charge in [0, 0.05) is 45.0 Å². The summed E-state index contributed by atoms with van der Waals surface area (Å²) in [5.74, 6) is 1.27. The first-order chi connectivity index (χ1) is 15.6. The minimum atomic E-state index is -0.306. The summed E-state index contributed by atoms with van der Waals surface area (Å²) in [6.07, 6.45) is 1.96. The van der Waals surface area contributed by atoms with Crippen LogP contribution >= 0.6 is 0 Å². The molecule has 2 aromatic heterocycles. The molecule has 0 spiro atoms. The number of nitrogens with zero attached hydrogens (tertiary/aromatic N) is 4. The number of piperazine rings is 1. The Morgan fingerprint density at radius 3 is 2.72 bits per heavy atom. The van der Waals surface area contributed by atoms with Gasteiger partial charge in [0.2, 0.25) is 0 Å². The van der Waals surface area contributed by atoms with Crippen molar-refractivity contribution in [2.45, 2.75) is 6.54 Å². The number of ether oxygens (including phenoxy) is 1. The molecule has 164 valence electrons. The first kappa shape index (κ1) is 20.1. The fraction of sp³-hybridized carbons (Fsp3) is 0.250. The molecule has 8 heteroatoms. The number of urea groups is 1. The zero-order chi connectivity index (χ0) is 22.1. The van der Waals surface area contributed by atoms with E-state index in [4.69, 9.17) is 9.72 Å². The van der Waals surface area contributed by atoms with E-state index in [1.807, 2.05) is 51.9 Å². The normalized spacial score (nSPS) is 14.2. The van der Waals surface area contributed by atoms with E-state index in [0.717, 1.165) is 28.2 Å². The number of rotatable bonds is 4. The molecule has 1 fully saturated rings. The maximum atomic E-state index is 13.8. The van der Waals surface area contributed by atoms with Crippen molar-refractivity contribution in [2.24, 2.45) is 0 Å². The third-order valence-corrected chi connectivity index (χ3v) is 5.85. The monoisotopic (exact) mass is 433 g/mol. The van der Waals surface area contributed by atoms with Crippen LogP contribution < -0.4 is 15.0 Å². The van der Waals surface area contributed by atoms with Gasteiger partial charge in [-0.15, -0.1) is 0 Å². The summed E-state index contributed by atoms with van der Waals surface area (Å²) < 4.78 is 21.1. The summed E-state index contributed by atoms with van der Waals surface area (Å²) in [7, 11) is 1.62. The minimum absolute atomic E-state index is 0.0890. The van der Waals surface area contributed by atoms with E-state index in [0.29, 0.717) is 38.2 Å². The Balaban J connectivity index is 1.27. The van der Waals surface area contributed by atoms with E-state index in [2.05, 4.69) is 10.2 Å². The second-order valence-electron chi connectivity index (χ2n) is 7.82. The SMILES string of the molecule is COc1cccc(CNC(=O)N2CCN(c3nc4cc(F)ccc4n4cccc34)CC2)c1. The van der Waals surface area contributed by atoms with E-state index in [1.165, 1.54) is 12.1 Å². The number of carbonyl (C=O) groups is 1. The molecule has 1 aliphatic rings. The molecule has 0 atom stereocenters. The molecule has 5 rings (SSSR count). The Morgan fingerprint density at radius 1 is 1.06 bits per heavy atom. The molecular formula is C24H24FN5O2. The van der Waals surface area contributed by atoms with Crippen LogP contribution in [0.1, 0.15) is 5.56 Å². The van der Waals surface area contributed by atoms with Gasteiger partial charge in [0.1, 0.15) is 11.6 Å². The molecule has 0 radical (unpaired) electrons. The first-order valence-electron chi connectivity index (χ1n) is 10.6. The summed E-state index contributed by atoms with van der Waals surface area (Å²) in [6.45, 7) is 2.92. The molecule has 32 heavy (non-hydrogen) atoms. The Morgan fingerprint density at radius 2 is 1.91 bits per heavy atom. The van der Waals surface area contributed by atoms with Crippen molar-refractivity contribution in [3.63, 3.8) is 0 Å². The number of benzene rings is 2. The van der Waals surface area contributed by atoms with Crippen molar-refractivity contribution in [3.8, 4) is 5.75 Å². The predicted molar refractivity (Wildman–Crippen MR) is 122 cm³/mol. The van der Waals surface area contributed by atoms with Crippen LogP contribution in [0, 0.1) is 5.82 Å². The van der Waals surface area contributed by atoms with Crippen LogP contribution in [-0.2, 0) is 6.54 Å². The number of anilines is 1. The van der Waals surface area contributed by atoms with Gasteiger partial charge >= 0.3 is 6.03 Å². The van der Waals surface area contributed by atoms with Gasteiger partial charge in [-0.3, -0.25) is 0 Å². The first-order valence-corrected chi connectivity index (χ1v) is 10.6. The summed E-state index contributed by atoms with van der Waals surface area (Å²) in [5.41, 5.74) is 3.44. The largest absolute Gasteiger partial charge is 0.497 e. The average Bonchev–Trinajstić information content (AvgIpc) is 3.32. The number of hydrogen-bond donors (Lipinski definition) is 1. The van der Waals surface area contributed by atoms with Gasteiger partial charge < -0.3 is 24.3 Å². The van der Waals surface area contributed by atoms with Crippen molar-refractivity contribution < 1.29 is 13.9 Å². The van der Waals surface area contributed by atoms with E-state index in [1.54, 1.807) is 13.2 Å². The third kappa shape index (κ3) is 3.79. The Kier molecular flexibility index (Phi) is 5.26. The topological polar surface area (TPSA) is 62.1 Å². The predicted octanol–water partition coefficient (Wildman–Crippen LogP) is 3.67. The zero-order valence-corrected chi connectivity index (χ0v) is 17.8. The molecule has 7 nitrogen and oxygen atoms in total. The Labute approximate surface area is 185 Å². The quantitative estimate of drug-likeness (QED) is 0.534. The lowest BCUT2D eigenvalue weighted by molar-refractivity contribution is 0.194. The van der Waals surface area contributed by atoms with E-state index in [9.17, 15) is 9.18 Å². The van der Waals surface area contributed by atoms with Crippen LogP contribution in [0.3, 0.4) is 0 Å². The Bertz CT molecular complexity index is 1280. The van der Waals surface area contributed by atoms with Gasteiger partial charge in [0.15, 0.2) is 5.82 Å². The molecular weight excluding hydrogens is 409 g/mol. The van der Waals surface area contributed by atoms with Gasteiger partial charge in [0.25, 0.3) is 0 Å². The van der Waals surface area contributed by atoms with E-state index < -0.39 is 0 Å². The zero-order valence-electron chi connectivity index (χ0n) is 17.8. The summed E-state index contributed by atoms with van der Waals surface area (Å²) in [5, 5.41) is 2.98. The molecule has 0 aliphatic carbocycles. The number of hydrogen-bond acceptors (Lipinski definition) is 4. The van der Waals surface area contributed by atoms with Gasteiger partial charge in [0.05, 0.1) is 23.7 Å². The smallest absolute Gasteiger partial charge is 0.317 e. The van der Waals surface area contributed by atoms with Crippen LogP contribution in [0.5, 0.6) is 5.75 Å². The molecule has 0 saturated carbocycles. The van der Waals surface area contributed by atoms with E-state index >= 15 is 0 Å². The lowest BCUT2D eigenvalue weighted by atomic mass is 10.2. The standard InChI is InChI=1S/C24H24FN5O2/c1-32-19-5-2-4-17(14-19)16-26-24(31)29-12-10-28(11-13-29)23-22-6-3-9-30(22)21-8-7-18(25)15-20(21)27-23/h2-9,14-15H,10-13,16H2,1H3,(H,26,31). The minimum Gasteiger partial charge on any atom is -0.497 e. The third-order valence-electron chi connectivity index (χ3n) is 5.85. The number of carbonyl (C=O) groups excluding carboxylic acids is 1. The molecule has 1 saturated heterocycles. The van der Waals surface area contributed by atoms with Crippen molar-refractivity contribution in [3.05, 3.63) is 72.2 Å². The molecule has 2 aromatic carbocycles. The number of halogens is 1. The molecule has 2 amide bonds. The van der Waals surface area contributed by atoms with Crippen LogP contribution in [0.15, 0.2) is 60.8 Å². The fourth-order valence-corrected chi connectivity index (χ4v) is 4.16. The van der Waals surface area contributed by atoms with E-state index in [-0.39, 0.29) is 11.8 Å². The maximum absolute atomic E-state index is 13.8. The summed E-state index contributed by atoms with van der Waals surface area (Å²) >= 11 is 0. The fourth-order valence-electron chi connectivity index (χ4n) is 4.16. The van der Waals surface area contributed by atoms with Crippen LogP contribution in [-0.4, -0.2) is 53.6 Å².